The number of hydrogen-bond acceptors (Lipinski definition) is 5. The van der Waals surface area contributed by atoms with Gasteiger partial charge in [0.1, 0.15) is 0 Å². The lowest BCUT2D eigenvalue weighted by molar-refractivity contribution is -0.380. The molecule has 2 rings (SSSR count). The summed E-state index contributed by atoms with van der Waals surface area (Å²) in [6, 6.07) is 2.88. The van der Waals surface area contributed by atoms with Crippen LogP contribution in [0.3, 0.4) is 0 Å². The molecule has 1 aliphatic rings. The molecular formula is C12H15BrN2O4S. The molecule has 0 bridgehead atoms. The molecule has 0 aromatic carbocycles. The normalized spacial score (nSPS) is 21.8. The number of morpholine rings is 1. The van der Waals surface area contributed by atoms with Crippen molar-refractivity contribution in [3.63, 3.8) is 0 Å². The first-order valence-corrected chi connectivity index (χ1v) is 8.03. The van der Waals surface area contributed by atoms with Crippen molar-refractivity contribution in [1.29, 1.82) is 0 Å². The quantitative estimate of drug-likeness (QED) is 0.470. The van der Waals surface area contributed by atoms with E-state index in [0.717, 1.165) is 11.3 Å². The van der Waals surface area contributed by atoms with E-state index in [-0.39, 0.29) is 17.0 Å². The molecule has 1 aliphatic heterocycles. The molecule has 8 heteroatoms. The van der Waals surface area contributed by atoms with Gasteiger partial charge in [-0.15, -0.1) is 0 Å². The lowest BCUT2D eigenvalue weighted by Gasteiger charge is -2.42. The number of halogens is 1. The third kappa shape index (κ3) is 3.36. The van der Waals surface area contributed by atoms with Gasteiger partial charge in [-0.05, 0) is 19.9 Å². The second-order valence-electron chi connectivity index (χ2n) is 5.23. The summed E-state index contributed by atoms with van der Waals surface area (Å²) in [6.07, 6.45) is -0.0716. The zero-order valence-corrected chi connectivity index (χ0v) is 13.6. The largest absolute Gasteiger partial charge is 0.368 e. The van der Waals surface area contributed by atoms with Gasteiger partial charge in [0.2, 0.25) is 0 Å². The van der Waals surface area contributed by atoms with Crippen LogP contribution in [-0.2, 0) is 4.74 Å². The number of amides is 1. The first-order valence-electron chi connectivity index (χ1n) is 6.10. The molecule has 110 valence electrons. The van der Waals surface area contributed by atoms with Crippen LogP contribution in [0.1, 0.15) is 23.5 Å². The topological polar surface area (TPSA) is 72.7 Å². The van der Waals surface area contributed by atoms with E-state index < -0.39 is 10.5 Å². The highest BCUT2D eigenvalue weighted by molar-refractivity contribution is 9.09. The van der Waals surface area contributed by atoms with Gasteiger partial charge in [-0.1, -0.05) is 27.3 Å². The summed E-state index contributed by atoms with van der Waals surface area (Å²) in [5, 5.41) is 11.3. The summed E-state index contributed by atoms with van der Waals surface area (Å²) < 4.78 is 5.84. The highest BCUT2D eigenvalue weighted by atomic mass is 79.9. The zero-order chi connectivity index (χ0) is 14.9. The molecule has 1 amide bonds. The van der Waals surface area contributed by atoms with Gasteiger partial charge < -0.3 is 9.64 Å². The van der Waals surface area contributed by atoms with Gasteiger partial charge in [-0.2, -0.15) is 0 Å². The lowest BCUT2D eigenvalue weighted by atomic mass is 10.1. The van der Waals surface area contributed by atoms with E-state index in [4.69, 9.17) is 4.74 Å². The number of hydrogen-bond donors (Lipinski definition) is 0. The number of carbonyl (C=O) groups excluding carboxylic acids is 1. The Bertz CT molecular complexity index is 531. The Morgan fingerprint density at radius 3 is 2.90 bits per heavy atom. The number of alkyl halides is 1. The lowest BCUT2D eigenvalue weighted by Crippen LogP contribution is -2.55. The average molecular weight is 363 g/mol. The minimum atomic E-state index is -0.480. The van der Waals surface area contributed by atoms with Crippen molar-refractivity contribution in [1.82, 2.24) is 4.90 Å². The van der Waals surface area contributed by atoms with Crippen molar-refractivity contribution in [3.8, 4) is 0 Å². The fourth-order valence-electron chi connectivity index (χ4n) is 2.23. The highest BCUT2D eigenvalue weighted by Gasteiger charge is 2.36. The minimum Gasteiger partial charge on any atom is -0.368 e. The average Bonchev–Trinajstić information content (AvgIpc) is 2.85. The maximum Gasteiger partial charge on any atom is 0.324 e. The van der Waals surface area contributed by atoms with Crippen LogP contribution >= 0.6 is 27.3 Å². The van der Waals surface area contributed by atoms with Crippen LogP contribution in [0.4, 0.5) is 5.00 Å². The molecule has 1 saturated heterocycles. The number of rotatable bonds is 3. The molecule has 1 atom stereocenters. The van der Waals surface area contributed by atoms with Crippen LogP contribution in [0, 0.1) is 10.1 Å². The molecular weight excluding hydrogens is 348 g/mol. The molecule has 0 spiro atoms. The van der Waals surface area contributed by atoms with Crippen molar-refractivity contribution in [2.24, 2.45) is 0 Å². The van der Waals surface area contributed by atoms with Gasteiger partial charge in [0, 0.05) is 24.5 Å². The molecule has 1 fully saturated rings. The van der Waals surface area contributed by atoms with Crippen molar-refractivity contribution in [2.75, 3.05) is 18.4 Å². The first kappa shape index (κ1) is 15.4. The standard InChI is InChI=1S/C12H15BrN2O4S/c1-12(2)7-14(6-8(5-13)19-12)11(16)9-3-4-10(20-9)15(17)18/h3-4,8H,5-7H2,1-2H3. The minimum absolute atomic E-state index is 0.0158. The monoisotopic (exact) mass is 362 g/mol. The van der Waals surface area contributed by atoms with E-state index >= 15 is 0 Å². The molecule has 6 nitrogen and oxygen atoms in total. The molecule has 0 N–H and O–H groups in total. The molecule has 20 heavy (non-hydrogen) atoms. The van der Waals surface area contributed by atoms with Gasteiger partial charge in [0.25, 0.3) is 5.91 Å². The van der Waals surface area contributed by atoms with Gasteiger partial charge in [0.15, 0.2) is 0 Å². The van der Waals surface area contributed by atoms with Crippen LogP contribution in [0.2, 0.25) is 0 Å². The SMILES string of the molecule is CC1(C)CN(C(=O)c2ccc([N+](=O)[O-])s2)CC(CBr)O1. The summed E-state index contributed by atoms with van der Waals surface area (Å²) in [7, 11) is 0. The Labute approximate surface area is 129 Å². The summed E-state index contributed by atoms with van der Waals surface area (Å²) >= 11 is 4.28. The van der Waals surface area contributed by atoms with E-state index in [1.807, 2.05) is 13.8 Å². The van der Waals surface area contributed by atoms with E-state index in [0.29, 0.717) is 23.3 Å². The highest BCUT2D eigenvalue weighted by Crippen LogP contribution is 2.28. The van der Waals surface area contributed by atoms with Crippen molar-refractivity contribution in [2.45, 2.75) is 25.6 Å². The summed E-state index contributed by atoms with van der Waals surface area (Å²) in [4.78, 5) is 24.7. The van der Waals surface area contributed by atoms with Crippen molar-refractivity contribution in [3.05, 3.63) is 27.1 Å². The summed E-state index contributed by atoms with van der Waals surface area (Å²) in [6.45, 7) is 4.82. The second-order valence-corrected chi connectivity index (χ2v) is 6.94. The van der Waals surface area contributed by atoms with Crippen LogP contribution in [0.5, 0.6) is 0 Å². The number of nitrogens with zero attached hydrogens (tertiary/aromatic N) is 2. The van der Waals surface area contributed by atoms with E-state index in [1.54, 1.807) is 4.90 Å². The number of nitro groups is 1. The predicted octanol–water partition coefficient (Wildman–Crippen LogP) is 2.67. The van der Waals surface area contributed by atoms with Gasteiger partial charge in [0.05, 0.1) is 21.5 Å². The van der Waals surface area contributed by atoms with Crippen LogP contribution in [0.15, 0.2) is 12.1 Å². The van der Waals surface area contributed by atoms with Gasteiger partial charge >= 0.3 is 5.00 Å². The molecule has 1 aromatic rings. The molecule has 1 aromatic heterocycles. The molecule has 0 aliphatic carbocycles. The maximum absolute atomic E-state index is 12.4. The first-order chi connectivity index (χ1) is 9.32. The third-order valence-corrected chi connectivity index (χ3v) is 4.67. The van der Waals surface area contributed by atoms with Crippen molar-refractivity contribution >= 4 is 38.2 Å². The fourth-order valence-corrected chi connectivity index (χ4v) is 3.35. The third-order valence-electron chi connectivity index (χ3n) is 2.92. The van der Waals surface area contributed by atoms with Gasteiger partial charge in [-0.25, -0.2) is 0 Å². The maximum atomic E-state index is 12.4. The number of carbonyl (C=O) groups is 1. The van der Waals surface area contributed by atoms with E-state index in [2.05, 4.69) is 15.9 Å². The summed E-state index contributed by atoms with van der Waals surface area (Å²) in [5.74, 6) is -0.176. The zero-order valence-electron chi connectivity index (χ0n) is 11.2. The van der Waals surface area contributed by atoms with Crippen LogP contribution < -0.4 is 0 Å². The van der Waals surface area contributed by atoms with Crippen LogP contribution in [0.25, 0.3) is 0 Å². The Morgan fingerprint density at radius 2 is 2.35 bits per heavy atom. The van der Waals surface area contributed by atoms with E-state index in [9.17, 15) is 14.9 Å². The molecule has 2 heterocycles. The smallest absolute Gasteiger partial charge is 0.324 e. The Hall–Kier alpha value is -0.990. The number of ether oxygens (including phenoxy) is 1. The fraction of sp³-hybridized carbons (Fsp3) is 0.583. The Kier molecular flexibility index (Phi) is 4.46. The Balaban J connectivity index is 2.16. The Morgan fingerprint density at radius 1 is 1.65 bits per heavy atom. The molecule has 1 unspecified atom stereocenters. The number of thiophene rings is 1. The predicted molar refractivity (Wildman–Crippen MR) is 79.6 cm³/mol. The summed E-state index contributed by atoms with van der Waals surface area (Å²) in [5.41, 5.74) is -0.421. The molecule has 0 radical (unpaired) electrons. The second kappa shape index (κ2) is 5.79. The van der Waals surface area contributed by atoms with Gasteiger partial charge in [-0.3, -0.25) is 14.9 Å². The molecule has 0 saturated carbocycles. The van der Waals surface area contributed by atoms with Crippen molar-refractivity contribution < 1.29 is 14.5 Å². The van der Waals surface area contributed by atoms with E-state index in [1.165, 1.54) is 12.1 Å². The van der Waals surface area contributed by atoms with Crippen LogP contribution in [-0.4, -0.2) is 45.9 Å².